The first-order chi connectivity index (χ1) is 8.58. The molecule has 0 amide bonds. The molecule has 5 heteroatoms. The number of pyridine rings is 1. The number of aromatic nitrogens is 3. The molecule has 0 aromatic carbocycles. The van der Waals surface area contributed by atoms with Gasteiger partial charge in [-0.25, -0.2) is 4.98 Å². The van der Waals surface area contributed by atoms with Crippen molar-refractivity contribution in [2.75, 3.05) is 0 Å². The van der Waals surface area contributed by atoms with E-state index in [2.05, 4.69) is 28.8 Å². The third-order valence-electron chi connectivity index (χ3n) is 2.63. The molecule has 0 unspecified atom stereocenters. The molecule has 0 fully saturated rings. The molecule has 0 spiro atoms. The van der Waals surface area contributed by atoms with E-state index in [1.165, 1.54) is 0 Å². The van der Waals surface area contributed by atoms with Gasteiger partial charge in [-0.15, -0.1) is 0 Å². The zero-order valence-electron chi connectivity index (χ0n) is 10.8. The molecular formula is C13H15BN3O. The van der Waals surface area contributed by atoms with Crippen LogP contribution in [0.25, 0.3) is 11.4 Å². The minimum Gasteiger partial charge on any atom is -0.306 e. The Balaban J connectivity index is 2.51. The van der Waals surface area contributed by atoms with Crippen molar-refractivity contribution in [3.8, 4) is 11.4 Å². The molecule has 18 heavy (non-hydrogen) atoms. The van der Waals surface area contributed by atoms with E-state index in [1.54, 1.807) is 19.3 Å². The fraction of sp³-hybridized carbons (Fsp3) is 0.308. The summed E-state index contributed by atoms with van der Waals surface area (Å²) in [5.74, 6) is 0.934. The van der Waals surface area contributed by atoms with Crippen molar-refractivity contribution in [3.05, 3.63) is 40.4 Å². The summed E-state index contributed by atoms with van der Waals surface area (Å²) >= 11 is 0. The molecular weight excluding hydrogens is 225 g/mol. The van der Waals surface area contributed by atoms with Crippen LogP contribution in [0.2, 0.25) is 5.82 Å². The Hall–Kier alpha value is -1.91. The SMILES string of the molecule is Cc1c([B]C(C)C)nc(-c2ccncc2)[nH]c1=O. The number of nitrogens with one attached hydrogen (secondary N) is 1. The molecule has 0 aliphatic rings. The smallest absolute Gasteiger partial charge is 0.253 e. The van der Waals surface area contributed by atoms with E-state index < -0.39 is 0 Å². The first-order valence-electron chi connectivity index (χ1n) is 5.94. The summed E-state index contributed by atoms with van der Waals surface area (Å²) in [7, 11) is 2.00. The summed E-state index contributed by atoms with van der Waals surface area (Å²) in [6.45, 7) is 5.92. The van der Waals surface area contributed by atoms with Crippen LogP contribution in [-0.2, 0) is 0 Å². The van der Waals surface area contributed by atoms with E-state index in [1.807, 2.05) is 19.4 Å². The second-order valence-electron chi connectivity index (χ2n) is 4.57. The third kappa shape index (κ3) is 2.67. The van der Waals surface area contributed by atoms with Crippen molar-refractivity contribution in [1.29, 1.82) is 0 Å². The Morgan fingerprint density at radius 2 is 1.94 bits per heavy atom. The molecule has 91 valence electrons. The molecule has 2 rings (SSSR count). The third-order valence-corrected chi connectivity index (χ3v) is 2.63. The van der Waals surface area contributed by atoms with Crippen LogP contribution in [-0.4, -0.2) is 22.2 Å². The van der Waals surface area contributed by atoms with E-state index in [0.717, 1.165) is 11.2 Å². The van der Waals surface area contributed by atoms with E-state index in [0.29, 0.717) is 17.2 Å². The molecule has 0 aliphatic carbocycles. The summed E-state index contributed by atoms with van der Waals surface area (Å²) in [4.78, 5) is 23.1. The average Bonchev–Trinajstić information content (AvgIpc) is 2.35. The summed E-state index contributed by atoms with van der Waals surface area (Å²) in [5.41, 5.74) is 2.17. The molecule has 1 N–H and O–H groups in total. The van der Waals surface area contributed by atoms with Gasteiger partial charge in [-0.2, -0.15) is 0 Å². The lowest BCUT2D eigenvalue weighted by molar-refractivity contribution is 1.05. The van der Waals surface area contributed by atoms with E-state index in [9.17, 15) is 4.79 Å². The lowest BCUT2D eigenvalue weighted by atomic mass is 9.62. The normalized spacial score (nSPS) is 10.7. The molecule has 1 radical (unpaired) electrons. The predicted molar refractivity (Wildman–Crippen MR) is 73.3 cm³/mol. The Labute approximate surface area is 107 Å². The maximum Gasteiger partial charge on any atom is 0.253 e. The Morgan fingerprint density at radius 3 is 2.56 bits per heavy atom. The summed E-state index contributed by atoms with van der Waals surface area (Å²) in [6, 6.07) is 3.65. The monoisotopic (exact) mass is 240 g/mol. The van der Waals surface area contributed by atoms with Crippen LogP contribution in [0.5, 0.6) is 0 Å². The van der Waals surface area contributed by atoms with Gasteiger partial charge in [0.15, 0.2) is 7.28 Å². The van der Waals surface area contributed by atoms with Crippen LogP contribution in [0.15, 0.2) is 29.3 Å². The maximum absolute atomic E-state index is 11.9. The Bertz CT molecular complexity index is 593. The van der Waals surface area contributed by atoms with Gasteiger partial charge < -0.3 is 4.98 Å². The highest BCUT2D eigenvalue weighted by Crippen LogP contribution is 2.10. The number of aromatic amines is 1. The number of H-pyrrole nitrogens is 1. The molecule has 0 saturated carbocycles. The van der Waals surface area contributed by atoms with Gasteiger partial charge in [-0.3, -0.25) is 9.78 Å². The fourth-order valence-electron chi connectivity index (χ4n) is 1.67. The second kappa shape index (κ2) is 5.17. The van der Waals surface area contributed by atoms with Gasteiger partial charge in [0, 0.05) is 29.1 Å². The minimum absolute atomic E-state index is 0.0938. The van der Waals surface area contributed by atoms with Crippen LogP contribution in [0, 0.1) is 6.92 Å². The van der Waals surface area contributed by atoms with Crippen molar-refractivity contribution in [2.24, 2.45) is 0 Å². The van der Waals surface area contributed by atoms with Gasteiger partial charge >= 0.3 is 0 Å². The summed E-state index contributed by atoms with van der Waals surface area (Å²) in [5, 5.41) is 0. The zero-order chi connectivity index (χ0) is 13.1. The Morgan fingerprint density at radius 1 is 1.28 bits per heavy atom. The van der Waals surface area contributed by atoms with Crippen molar-refractivity contribution in [2.45, 2.75) is 26.6 Å². The van der Waals surface area contributed by atoms with Gasteiger partial charge in [0.05, 0.1) is 0 Å². The molecule has 0 bridgehead atoms. The molecule has 2 aromatic rings. The van der Waals surface area contributed by atoms with E-state index >= 15 is 0 Å². The molecule has 0 saturated heterocycles. The standard InChI is InChI=1S/C13H15BN3O/c1-8(2)14-11-9(3)13(18)17-12(16-11)10-4-6-15-7-5-10/h4-8H,1-3H3,(H,16,17,18). The molecule has 2 aromatic heterocycles. The topological polar surface area (TPSA) is 58.6 Å². The van der Waals surface area contributed by atoms with Crippen LogP contribution < -0.4 is 11.2 Å². The summed E-state index contributed by atoms with van der Waals surface area (Å²) < 4.78 is 0. The summed E-state index contributed by atoms with van der Waals surface area (Å²) in [6.07, 6.45) is 3.36. The molecule has 0 aliphatic heterocycles. The predicted octanol–water partition coefficient (Wildman–Crippen LogP) is 1.30. The maximum atomic E-state index is 11.9. The lowest BCUT2D eigenvalue weighted by Crippen LogP contribution is -2.32. The van der Waals surface area contributed by atoms with E-state index in [4.69, 9.17) is 0 Å². The van der Waals surface area contributed by atoms with E-state index in [-0.39, 0.29) is 5.56 Å². The fourth-order valence-corrected chi connectivity index (χ4v) is 1.67. The number of hydrogen-bond donors (Lipinski definition) is 1. The molecule has 0 atom stereocenters. The van der Waals surface area contributed by atoms with Gasteiger partial charge in [0.1, 0.15) is 5.82 Å². The zero-order valence-corrected chi connectivity index (χ0v) is 10.8. The highest BCUT2D eigenvalue weighted by molar-refractivity contribution is 6.54. The highest BCUT2D eigenvalue weighted by atomic mass is 16.1. The van der Waals surface area contributed by atoms with Crippen LogP contribution >= 0.6 is 0 Å². The Kier molecular flexibility index (Phi) is 3.60. The van der Waals surface area contributed by atoms with Gasteiger partial charge in [0.2, 0.25) is 0 Å². The van der Waals surface area contributed by atoms with Crippen molar-refractivity contribution in [1.82, 2.24) is 15.0 Å². The van der Waals surface area contributed by atoms with Crippen LogP contribution in [0.4, 0.5) is 0 Å². The van der Waals surface area contributed by atoms with Gasteiger partial charge in [-0.05, 0) is 19.1 Å². The van der Waals surface area contributed by atoms with Gasteiger partial charge in [0.25, 0.3) is 5.56 Å². The van der Waals surface area contributed by atoms with Crippen molar-refractivity contribution >= 4 is 12.9 Å². The number of nitrogens with zero attached hydrogens (tertiary/aromatic N) is 2. The largest absolute Gasteiger partial charge is 0.306 e. The first-order valence-corrected chi connectivity index (χ1v) is 5.94. The van der Waals surface area contributed by atoms with Crippen LogP contribution in [0.1, 0.15) is 19.4 Å². The van der Waals surface area contributed by atoms with Crippen molar-refractivity contribution < 1.29 is 0 Å². The average molecular weight is 240 g/mol. The molecule has 4 nitrogen and oxygen atoms in total. The quantitative estimate of drug-likeness (QED) is 0.822. The minimum atomic E-state index is -0.0938. The molecule has 2 heterocycles. The highest BCUT2D eigenvalue weighted by Gasteiger charge is 2.11. The van der Waals surface area contributed by atoms with Crippen molar-refractivity contribution in [3.63, 3.8) is 0 Å². The van der Waals surface area contributed by atoms with Crippen LogP contribution in [0.3, 0.4) is 0 Å². The first kappa shape index (κ1) is 12.5. The second-order valence-corrected chi connectivity index (χ2v) is 4.57. The lowest BCUT2D eigenvalue weighted by Gasteiger charge is -2.08. The van der Waals surface area contributed by atoms with Gasteiger partial charge in [-0.1, -0.05) is 19.7 Å². The number of rotatable bonds is 3. The number of hydrogen-bond acceptors (Lipinski definition) is 3.